The molecule has 3 aromatic rings. The van der Waals surface area contributed by atoms with E-state index in [1.54, 1.807) is 7.05 Å². The van der Waals surface area contributed by atoms with Gasteiger partial charge in [-0.15, -0.1) is 0 Å². The molecule has 0 unspecified atom stereocenters. The Bertz CT molecular complexity index is 1320. The third-order valence-corrected chi connectivity index (χ3v) is 6.26. The van der Waals surface area contributed by atoms with Crippen LogP contribution < -0.4 is 10.0 Å². The molecule has 1 saturated heterocycles. The summed E-state index contributed by atoms with van der Waals surface area (Å²) in [7, 11) is -2.38. The minimum absolute atomic E-state index is 0.0803. The third kappa shape index (κ3) is 6.48. The minimum Gasteiger partial charge on any atom is -0.475 e. The molecule has 3 aromatic heterocycles. The van der Waals surface area contributed by atoms with Crippen molar-refractivity contribution < 1.29 is 36.3 Å². The first-order valence-electron chi connectivity index (χ1n) is 10.1. The number of aliphatic carboxylic acids is 1. The SMILES string of the molecule is Cn1ncc2cc(S(=O)(=O)NC(=O)c3cnc(C4CCNCC4)nc3)cnc21.O=C(O)C(F)(F)F. The highest BCUT2D eigenvalue weighted by Crippen LogP contribution is 2.21. The number of carboxylic acids is 1. The summed E-state index contributed by atoms with van der Waals surface area (Å²) < 4.78 is 60.4. The summed E-state index contributed by atoms with van der Waals surface area (Å²) in [5, 5.41) is 15.0. The van der Waals surface area contributed by atoms with E-state index in [4.69, 9.17) is 9.90 Å². The summed E-state index contributed by atoms with van der Waals surface area (Å²) in [4.78, 5) is 33.7. The Morgan fingerprint density at radius 1 is 1.11 bits per heavy atom. The zero-order valence-corrected chi connectivity index (χ0v) is 19.0. The van der Waals surface area contributed by atoms with Gasteiger partial charge in [0.2, 0.25) is 0 Å². The Balaban J connectivity index is 0.000000429. The molecular formula is C19H20F3N7O5S. The zero-order chi connectivity index (χ0) is 25.8. The molecule has 0 bridgehead atoms. The number of pyridine rings is 1. The van der Waals surface area contributed by atoms with Crippen LogP contribution in [0.5, 0.6) is 0 Å². The van der Waals surface area contributed by atoms with E-state index in [9.17, 15) is 26.4 Å². The number of piperidine rings is 1. The Morgan fingerprint density at radius 3 is 2.29 bits per heavy atom. The molecule has 0 aliphatic carbocycles. The Morgan fingerprint density at radius 2 is 1.71 bits per heavy atom. The van der Waals surface area contributed by atoms with E-state index in [-0.39, 0.29) is 16.4 Å². The lowest BCUT2D eigenvalue weighted by Gasteiger charge is -2.21. The first kappa shape index (κ1) is 26.0. The summed E-state index contributed by atoms with van der Waals surface area (Å²) in [5.41, 5.74) is 0.629. The van der Waals surface area contributed by atoms with Crippen LogP contribution in [0.25, 0.3) is 11.0 Å². The number of fused-ring (bicyclic) bond motifs is 1. The van der Waals surface area contributed by atoms with Gasteiger partial charge in [-0.05, 0) is 32.0 Å². The molecule has 3 N–H and O–H groups in total. The van der Waals surface area contributed by atoms with Crippen LogP contribution in [-0.4, -0.2) is 69.4 Å². The monoisotopic (exact) mass is 515 g/mol. The van der Waals surface area contributed by atoms with Crippen molar-refractivity contribution in [3.05, 3.63) is 42.2 Å². The van der Waals surface area contributed by atoms with Crippen molar-refractivity contribution in [3.63, 3.8) is 0 Å². The summed E-state index contributed by atoms with van der Waals surface area (Å²) in [6.07, 6.45) is 2.20. The number of amides is 1. The topological polar surface area (TPSA) is 169 Å². The number of hydrogen-bond acceptors (Lipinski definition) is 9. The number of nitrogens with zero attached hydrogens (tertiary/aromatic N) is 5. The van der Waals surface area contributed by atoms with Gasteiger partial charge in [0.1, 0.15) is 10.7 Å². The minimum atomic E-state index is -5.08. The maximum Gasteiger partial charge on any atom is 0.490 e. The van der Waals surface area contributed by atoms with Gasteiger partial charge in [-0.2, -0.15) is 18.3 Å². The number of rotatable bonds is 4. The summed E-state index contributed by atoms with van der Waals surface area (Å²) in [6, 6.07) is 1.42. The van der Waals surface area contributed by atoms with Gasteiger partial charge >= 0.3 is 12.1 Å². The van der Waals surface area contributed by atoms with Gasteiger partial charge in [0.15, 0.2) is 5.65 Å². The van der Waals surface area contributed by atoms with Crippen molar-refractivity contribution in [1.82, 2.24) is 34.8 Å². The van der Waals surface area contributed by atoms with Gasteiger partial charge in [0.25, 0.3) is 15.9 Å². The number of aryl methyl sites for hydroxylation is 1. The average molecular weight is 515 g/mol. The van der Waals surface area contributed by atoms with E-state index in [0.717, 1.165) is 25.9 Å². The maximum absolute atomic E-state index is 12.5. The molecule has 1 amide bonds. The molecule has 0 spiro atoms. The van der Waals surface area contributed by atoms with Gasteiger partial charge in [-0.3, -0.25) is 9.48 Å². The zero-order valence-electron chi connectivity index (χ0n) is 18.2. The molecular weight excluding hydrogens is 495 g/mol. The highest BCUT2D eigenvalue weighted by Gasteiger charge is 2.38. The second-order valence-corrected chi connectivity index (χ2v) is 9.13. The predicted molar refractivity (Wildman–Crippen MR) is 114 cm³/mol. The number of halogens is 3. The molecule has 0 atom stereocenters. The molecule has 35 heavy (non-hydrogen) atoms. The van der Waals surface area contributed by atoms with Gasteiger partial charge < -0.3 is 10.4 Å². The van der Waals surface area contributed by atoms with Crippen LogP contribution in [-0.2, 0) is 21.9 Å². The fourth-order valence-electron chi connectivity index (χ4n) is 3.16. The second kappa shape index (κ2) is 10.3. The molecule has 0 radical (unpaired) electrons. The maximum atomic E-state index is 12.5. The fraction of sp³-hybridized carbons (Fsp3) is 0.368. The van der Waals surface area contributed by atoms with E-state index in [0.29, 0.717) is 16.9 Å². The van der Waals surface area contributed by atoms with Crippen molar-refractivity contribution in [2.24, 2.45) is 7.05 Å². The van der Waals surface area contributed by atoms with Crippen molar-refractivity contribution in [2.75, 3.05) is 13.1 Å². The molecule has 16 heteroatoms. The first-order chi connectivity index (χ1) is 16.4. The van der Waals surface area contributed by atoms with Crippen LogP contribution in [0.2, 0.25) is 0 Å². The molecule has 4 rings (SSSR count). The molecule has 1 aliphatic heterocycles. The largest absolute Gasteiger partial charge is 0.490 e. The molecule has 0 aromatic carbocycles. The normalized spacial score (nSPS) is 14.7. The number of hydrogen-bond donors (Lipinski definition) is 3. The van der Waals surface area contributed by atoms with Crippen molar-refractivity contribution in [2.45, 2.75) is 29.8 Å². The summed E-state index contributed by atoms with van der Waals surface area (Å²) in [5.74, 6) is -2.62. The van der Waals surface area contributed by atoms with Crippen molar-refractivity contribution in [3.8, 4) is 0 Å². The van der Waals surface area contributed by atoms with Gasteiger partial charge in [0, 0.05) is 36.9 Å². The van der Waals surface area contributed by atoms with Crippen molar-refractivity contribution in [1.29, 1.82) is 0 Å². The molecule has 1 aliphatic rings. The molecule has 1 fully saturated rings. The lowest BCUT2D eigenvalue weighted by atomic mass is 9.97. The van der Waals surface area contributed by atoms with Gasteiger partial charge in [-0.1, -0.05) is 0 Å². The van der Waals surface area contributed by atoms with E-state index in [1.165, 1.54) is 35.5 Å². The highest BCUT2D eigenvalue weighted by molar-refractivity contribution is 7.90. The molecule has 188 valence electrons. The Labute approximate surface area is 196 Å². The van der Waals surface area contributed by atoms with Crippen LogP contribution in [0, 0.1) is 0 Å². The number of alkyl halides is 3. The van der Waals surface area contributed by atoms with E-state index < -0.39 is 28.1 Å². The van der Waals surface area contributed by atoms with Crippen LogP contribution in [0.15, 0.2) is 35.7 Å². The second-order valence-electron chi connectivity index (χ2n) is 7.44. The van der Waals surface area contributed by atoms with Gasteiger partial charge in [0.05, 0.1) is 11.8 Å². The predicted octanol–water partition coefficient (Wildman–Crippen LogP) is 0.977. The smallest absolute Gasteiger partial charge is 0.475 e. The van der Waals surface area contributed by atoms with Crippen LogP contribution in [0.3, 0.4) is 0 Å². The van der Waals surface area contributed by atoms with Crippen LogP contribution >= 0.6 is 0 Å². The number of carbonyl (C=O) groups excluding carboxylic acids is 1. The standard InChI is InChI=1S/C17H19N7O3S.C2HF3O2/c1-24-16-12(9-22-24)6-14(10-21-16)28(26,27)23-17(25)13-7-19-15(20-8-13)11-2-4-18-5-3-11;3-2(4,5)1(6)7/h6-11,18H,2-5H2,1H3,(H,23,25);(H,6,7). The van der Waals surface area contributed by atoms with Crippen molar-refractivity contribution >= 4 is 32.9 Å². The fourth-order valence-corrected chi connectivity index (χ4v) is 4.11. The van der Waals surface area contributed by atoms with E-state index in [2.05, 4.69) is 25.4 Å². The number of sulfonamides is 1. The lowest BCUT2D eigenvalue weighted by molar-refractivity contribution is -0.192. The molecule has 0 saturated carbocycles. The Hall–Kier alpha value is -3.66. The molecule has 4 heterocycles. The van der Waals surface area contributed by atoms with Gasteiger partial charge in [-0.25, -0.2) is 32.9 Å². The van der Waals surface area contributed by atoms with Crippen LogP contribution in [0.1, 0.15) is 34.9 Å². The van der Waals surface area contributed by atoms with Crippen LogP contribution in [0.4, 0.5) is 13.2 Å². The number of aromatic nitrogens is 5. The quantitative estimate of drug-likeness (QED) is 0.455. The Kier molecular flexibility index (Phi) is 7.64. The van der Waals surface area contributed by atoms with E-state index in [1.807, 2.05) is 4.72 Å². The average Bonchev–Trinajstić information content (AvgIpc) is 3.19. The number of carbonyl (C=O) groups is 2. The summed E-state index contributed by atoms with van der Waals surface area (Å²) in [6.45, 7) is 1.81. The number of carboxylic acid groups (broad SMARTS) is 1. The lowest BCUT2D eigenvalue weighted by Crippen LogP contribution is -2.31. The summed E-state index contributed by atoms with van der Waals surface area (Å²) >= 11 is 0. The molecule has 12 nitrogen and oxygen atoms in total. The first-order valence-corrected chi connectivity index (χ1v) is 11.5. The third-order valence-electron chi connectivity index (χ3n) is 4.96. The highest BCUT2D eigenvalue weighted by atomic mass is 32.2. The number of nitrogens with one attached hydrogen (secondary N) is 2. The van der Waals surface area contributed by atoms with E-state index >= 15 is 0 Å².